The van der Waals surface area contributed by atoms with E-state index in [1.807, 2.05) is 52.0 Å². The molecule has 16 heteroatoms. The SMILES string of the molecule is COC(=O)NC(C(=O)N1CCCC1c1ncc(-c2ccc(C#CC#Cc3ccc(-c4cnc([C@@H]5CCCN5C(=O)C(NC(=O)OC)C(C)C)[nH]4)s3)s2)[nH]1)C(C)C. The minimum atomic E-state index is -0.693. The number of ether oxygens (including phenoxy) is 2. The lowest BCUT2D eigenvalue weighted by molar-refractivity contribution is -0.136. The molecule has 6 rings (SSSR count). The van der Waals surface area contributed by atoms with E-state index in [0.29, 0.717) is 24.7 Å². The quantitative estimate of drug-likeness (QED) is 0.140. The molecule has 0 bridgehead atoms. The van der Waals surface area contributed by atoms with Gasteiger partial charge in [0.15, 0.2) is 0 Å². The molecule has 0 aliphatic carbocycles. The van der Waals surface area contributed by atoms with Gasteiger partial charge in [-0.2, -0.15) is 0 Å². The molecule has 56 heavy (non-hydrogen) atoms. The van der Waals surface area contributed by atoms with Gasteiger partial charge in [0.05, 0.1) is 69.6 Å². The van der Waals surface area contributed by atoms with Crippen molar-refractivity contribution >= 4 is 46.7 Å². The Hall–Kier alpha value is -5.58. The number of nitrogens with one attached hydrogen (secondary N) is 4. The number of nitrogens with zero attached hydrogens (tertiary/aromatic N) is 4. The lowest BCUT2D eigenvalue weighted by Crippen LogP contribution is -2.51. The molecule has 2 aliphatic rings. The third kappa shape index (κ3) is 9.09. The topological polar surface area (TPSA) is 175 Å². The Bertz CT molecular complexity index is 2030. The zero-order valence-corrected chi connectivity index (χ0v) is 33.9. The number of aromatic nitrogens is 4. The molecule has 0 spiro atoms. The minimum Gasteiger partial charge on any atom is -0.453 e. The fourth-order valence-corrected chi connectivity index (χ4v) is 8.58. The minimum absolute atomic E-state index is 0.109. The van der Waals surface area contributed by atoms with Gasteiger partial charge >= 0.3 is 12.2 Å². The summed E-state index contributed by atoms with van der Waals surface area (Å²) in [5.41, 5.74) is 1.68. The fourth-order valence-electron chi connectivity index (χ4n) is 6.93. The van der Waals surface area contributed by atoms with Crippen molar-refractivity contribution in [3.8, 4) is 44.8 Å². The van der Waals surface area contributed by atoms with Crippen molar-refractivity contribution < 1.29 is 28.7 Å². The van der Waals surface area contributed by atoms with Gasteiger partial charge in [-0.25, -0.2) is 19.6 Å². The summed E-state index contributed by atoms with van der Waals surface area (Å²) in [7, 11) is 2.57. The Labute approximate surface area is 334 Å². The van der Waals surface area contributed by atoms with Gasteiger partial charge in [-0.05, 0) is 85.5 Å². The van der Waals surface area contributed by atoms with Crippen molar-refractivity contribution in [3.05, 3.63) is 58.1 Å². The van der Waals surface area contributed by atoms with Crippen LogP contribution in [0.1, 0.15) is 86.9 Å². The summed E-state index contributed by atoms with van der Waals surface area (Å²) in [6.07, 6.45) is 5.52. The van der Waals surface area contributed by atoms with Crippen LogP contribution in [-0.4, -0.2) is 93.1 Å². The number of carbonyl (C=O) groups is 4. The van der Waals surface area contributed by atoms with Crippen LogP contribution in [0.4, 0.5) is 9.59 Å². The van der Waals surface area contributed by atoms with E-state index in [2.05, 4.69) is 54.3 Å². The Morgan fingerprint density at radius 2 is 1.12 bits per heavy atom. The molecule has 2 aliphatic heterocycles. The standard InChI is InChI=1S/C40H46N8O6S2/c1-23(2)33(45-39(51)53-5)37(49)47-19-9-13-29(47)35-41-21-27(43-35)31-17-15-25(55-31)11-7-8-12-26-16-18-32(56-26)28-22-42-36(44-28)30-14-10-20-48(30)38(50)34(24(3)4)46-40(52)54-6/h15-18,21-24,29-30,33-34H,9-10,13-14,19-20H2,1-6H3,(H,41,43)(H,42,44)(H,45,51)(H,46,52)/t29-,30?,33?,34?/m0/s1. The van der Waals surface area contributed by atoms with E-state index < -0.39 is 24.3 Å². The molecule has 4 aromatic rings. The number of rotatable bonds is 10. The van der Waals surface area contributed by atoms with E-state index in [1.165, 1.54) is 36.9 Å². The Morgan fingerprint density at radius 1 is 0.714 bits per heavy atom. The first kappa shape index (κ1) is 40.1. The van der Waals surface area contributed by atoms with E-state index in [-0.39, 0.29) is 35.7 Å². The summed E-state index contributed by atoms with van der Waals surface area (Å²) < 4.78 is 9.48. The van der Waals surface area contributed by atoms with Crippen LogP contribution in [0.5, 0.6) is 0 Å². The maximum absolute atomic E-state index is 13.5. The molecule has 2 saturated heterocycles. The summed E-state index contributed by atoms with van der Waals surface area (Å²) >= 11 is 3.05. The normalized spacial score (nSPS) is 17.5. The van der Waals surface area contributed by atoms with Gasteiger partial charge in [0.1, 0.15) is 23.7 Å². The average Bonchev–Trinajstić information content (AvgIpc) is 4.02. The van der Waals surface area contributed by atoms with Crippen molar-refractivity contribution in [2.45, 2.75) is 77.5 Å². The van der Waals surface area contributed by atoms with Crippen LogP contribution in [0, 0.1) is 35.5 Å². The summed E-state index contributed by atoms with van der Waals surface area (Å²) in [6.45, 7) is 8.74. The number of H-pyrrole nitrogens is 2. The molecule has 4 N–H and O–H groups in total. The number of carbonyl (C=O) groups excluding carboxylic acids is 4. The van der Waals surface area contributed by atoms with E-state index in [1.54, 1.807) is 22.2 Å². The van der Waals surface area contributed by atoms with Gasteiger partial charge < -0.3 is 39.9 Å². The number of aromatic amines is 2. The smallest absolute Gasteiger partial charge is 0.407 e. The molecule has 3 unspecified atom stereocenters. The van der Waals surface area contributed by atoms with Gasteiger partial charge in [0.2, 0.25) is 11.8 Å². The largest absolute Gasteiger partial charge is 0.453 e. The van der Waals surface area contributed by atoms with Crippen LogP contribution in [0.15, 0.2) is 36.7 Å². The molecule has 0 radical (unpaired) electrons. The maximum atomic E-state index is 13.5. The second kappa shape index (κ2) is 17.9. The van der Waals surface area contributed by atoms with Crippen molar-refractivity contribution in [1.29, 1.82) is 0 Å². The van der Waals surface area contributed by atoms with E-state index in [9.17, 15) is 19.2 Å². The zero-order chi connectivity index (χ0) is 39.9. The Balaban J connectivity index is 1.07. The summed E-state index contributed by atoms with van der Waals surface area (Å²) in [4.78, 5) is 74.1. The lowest BCUT2D eigenvalue weighted by atomic mass is 10.0. The first-order valence-electron chi connectivity index (χ1n) is 18.6. The first-order valence-corrected chi connectivity index (χ1v) is 20.2. The van der Waals surface area contributed by atoms with E-state index >= 15 is 0 Å². The highest BCUT2D eigenvalue weighted by molar-refractivity contribution is 7.16. The second-order valence-corrected chi connectivity index (χ2v) is 16.5. The van der Waals surface area contributed by atoms with Gasteiger partial charge in [-0.1, -0.05) is 27.7 Å². The van der Waals surface area contributed by atoms with Gasteiger partial charge in [0.25, 0.3) is 0 Å². The first-order chi connectivity index (χ1) is 27.0. The van der Waals surface area contributed by atoms with Crippen molar-refractivity contribution in [2.24, 2.45) is 11.8 Å². The zero-order valence-electron chi connectivity index (χ0n) is 32.2. The van der Waals surface area contributed by atoms with E-state index in [4.69, 9.17) is 9.47 Å². The van der Waals surface area contributed by atoms with Gasteiger partial charge in [-0.15, -0.1) is 22.7 Å². The predicted octanol–water partition coefficient (Wildman–Crippen LogP) is 6.08. The Kier molecular flexibility index (Phi) is 12.8. The van der Waals surface area contributed by atoms with Crippen LogP contribution in [0.3, 0.4) is 0 Å². The number of likely N-dealkylation sites (tertiary alicyclic amines) is 2. The molecule has 14 nitrogen and oxygen atoms in total. The number of amides is 4. The lowest BCUT2D eigenvalue weighted by Gasteiger charge is -2.30. The van der Waals surface area contributed by atoms with Crippen LogP contribution >= 0.6 is 22.7 Å². The monoisotopic (exact) mass is 798 g/mol. The van der Waals surface area contributed by atoms with Crippen LogP contribution < -0.4 is 10.6 Å². The summed E-state index contributed by atoms with van der Waals surface area (Å²) in [5, 5.41) is 5.36. The number of alkyl carbamates (subject to hydrolysis) is 2. The highest BCUT2D eigenvalue weighted by Gasteiger charge is 2.39. The maximum Gasteiger partial charge on any atom is 0.407 e. The number of methoxy groups -OCH3 is 2. The molecular formula is C40H46N8O6S2. The van der Waals surface area contributed by atoms with Crippen LogP contribution in [0.2, 0.25) is 0 Å². The van der Waals surface area contributed by atoms with Crippen molar-refractivity contribution in [3.63, 3.8) is 0 Å². The van der Waals surface area contributed by atoms with Gasteiger partial charge in [-0.3, -0.25) is 9.59 Å². The Morgan fingerprint density at radius 3 is 1.50 bits per heavy atom. The second-order valence-electron chi connectivity index (χ2n) is 14.3. The molecule has 4 atom stereocenters. The highest BCUT2D eigenvalue weighted by atomic mass is 32.1. The molecule has 4 aromatic heterocycles. The molecule has 2 fully saturated rings. The predicted molar refractivity (Wildman–Crippen MR) is 213 cm³/mol. The van der Waals surface area contributed by atoms with Crippen LogP contribution in [-0.2, 0) is 19.1 Å². The van der Waals surface area contributed by atoms with Crippen molar-refractivity contribution in [1.82, 2.24) is 40.4 Å². The number of imidazole rings is 2. The van der Waals surface area contributed by atoms with E-state index in [0.717, 1.165) is 56.6 Å². The molecule has 4 amide bonds. The third-order valence-electron chi connectivity index (χ3n) is 9.85. The summed E-state index contributed by atoms with van der Waals surface area (Å²) in [6, 6.07) is 6.05. The number of thiophene rings is 2. The molecule has 294 valence electrons. The van der Waals surface area contributed by atoms with Crippen LogP contribution in [0.25, 0.3) is 21.1 Å². The van der Waals surface area contributed by atoms with Crippen molar-refractivity contribution in [2.75, 3.05) is 27.3 Å². The average molecular weight is 799 g/mol. The molecule has 0 aromatic carbocycles. The molecule has 0 saturated carbocycles. The number of hydrogen-bond donors (Lipinski definition) is 4. The fraction of sp³-hybridized carbons (Fsp3) is 0.450. The third-order valence-corrected chi connectivity index (χ3v) is 11.9. The summed E-state index contributed by atoms with van der Waals surface area (Å²) in [5.74, 6) is 13.1. The number of hydrogen-bond acceptors (Lipinski definition) is 10. The van der Waals surface area contributed by atoms with Gasteiger partial charge in [0, 0.05) is 13.1 Å². The highest BCUT2D eigenvalue weighted by Crippen LogP contribution is 2.35. The molecule has 6 heterocycles. The molecular weight excluding hydrogens is 753 g/mol.